The topological polar surface area (TPSA) is 15.8 Å². The summed E-state index contributed by atoms with van der Waals surface area (Å²) in [4.78, 5) is 4.64. The third-order valence-corrected chi connectivity index (χ3v) is 3.67. The molecule has 0 aliphatic heterocycles. The Hall–Kier alpha value is -1.54. The molecule has 15 heavy (non-hydrogen) atoms. The molecule has 1 aromatic carbocycles. The number of nitrogens with one attached hydrogen (secondary N) is 1. The monoisotopic (exact) mass is 213 g/mol. The predicted molar refractivity (Wildman–Crippen MR) is 66.3 cm³/mol. The van der Waals surface area contributed by atoms with Crippen molar-refractivity contribution in [2.45, 2.75) is 6.92 Å². The van der Waals surface area contributed by atoms with Gasteiger partial charge in [-0.25, -0.2) is 0 Å². The fourth-order valence-electron chi connectivity index (χ4n) is 1.85. The quantitative estimate of drug-likeness (QED) is 0.623. The van der Waals surface area contributed by atoms with Crippen molar-refractivity contribution in [3.05, 3.63) is 47.5 Å². The van der Waals surface area contributed by atoms with Crippen molar-refractivity contribution in [1.82, 2.24) is 4.98 Å². The van der Waals surface area contributed by atoms with Crippen molar-refractivity contribution in [1.29, 1.82) is 0 Å². The first-order valence-electron chi connectivity index (χ1n) is 4.96. The minimum Gasteiger partial charge on any atom is -0.361 e. The van der Waals surface area contributed by atoms with Crippen molar-refractivity contribution in [3.63, 3.8) is 0 Å². The van der Waals surface area contributed by atoms with E-state index in [0.717, 1.165) is 0 Å². The molecule has 0 atom stereocenters. The van der Waals surface area contributed by atoms with Crippen LogP contribution in [0.1, 0.15) is 5.56 Å². The number of aromatic amines is 1. The minimum absolute atomic E-state index is 1.21. The van der Waals surface area contributed by atoms with E-state index >= 15 is 0 Å². The molecule has 1 nitrogen and oxygen atoms in total. The number of H-pyrrole nitrogens is 1. The maximum absolute atomic E-state index is 3.30. The molecule has 0 aliphatic carbocycles. The number of aryl methyl sites for hydroxylation is 1. The number of hydrogen-bond acceptors (Lipinski definition) is 1. The highest BCUT2D eigenvalue weighted by molar-refractivity contribution is 7.13. The zero-order valence-electron chi connectivity index (χ0n) is 8.45. The molecule has 0 bridgehead atoms. The van der Waals surface area contributed by atoms with Gasteiger partial charge in [0, 0.05) is 27.5 Å². The summed E-state index contributed by atoms with van der Waals surface area (Å²) in [7, 11) is 0. The molecule has 3 rings (SSSR count). The number of fused-ring (bicyclic) bond motifs is 1. The maximum Gasteiger partial charge on any atom is 0.0460 e. The molecule has 0 unspecified atom stereocenters. The molecule has 1 N–H and O–H groups in total. The lowest BCUT2D eigenvalue weighted by Crippen LogP contribution is -1.68. The predicted octanol–water partition coefficient (Wildman–Crippen LogP) is 4.20. The van der Waals surface area contributed by atoms with E-state index in [1.807, 2.05) is 0 Å². The van der Waals surface area contributed by atoms with Crippen LogP contribution >= 0.6 is 11.3 Å². The Balaban J connectivity index is 2.27. The third-order valence-electron chi connectivity index (χ3n) is 2.59. The van der Waals surface area contributed by atoms with Crippen LogP contribution in [0.3, 0.4) is 0 Å². The van der Waals surface area contributed by atoms with Crippen LogP contribution < -0.4 is 0 Å². The summed E-state index contributed by atoms with van der Waals surface area (Å²) >= 11 is 1.80. The van der Waals surface area contributed by atoms with Crippen molar-refractivity contribution in [2.75, 3.05) is 0 Å². The van der Waals surface area contributed by atoms with Crippen molar-refractivity contribution >= 4 is 22.2 Å². The fourth-order valence-corrected chi connectivity index (χ4v) is 2.78. The highest BCUT2D eigenvalue weighted by Crippen LogP contribution is 2.32. The Labute approximate surface area is 92.4 Å². The SMILES string of the molecule is Cc1csc(-c2c[nH]c3ccccc23)c1. The number of rotatable bonds is 1. The van der Waals surface area contributed by atoms with Crippen LogP contribution in [0.15, 0.2) is 41.9 Å². The molecule has 0 spiro atoms. The third kappa shape index (κ3) is 1.38. The van der Waals surface area contributed by atoms with Gasteiger partial charge in [-0.2, -0.15) is 0 Å². The van der Waals surface area contributed by atoms with E-state index in [-0.39, 0.29) is 0 Å². The molecule has 74 valence electrons. The second-order valence-electron chi connectivity index (χ2n) is 3.74. The number of thiophene rings is 1. The smallest absolute Gasteiger partial charge is 0.0460 e. The van der Waals surface area contributed by atoms with Gasteiger partial charge in [0.2, 0.25) is 0 Å². The Morgan fingerprint density at radius 3 is 2.87 bits per heavy atom. The molecule has 2 aromatic heterocycles. The molecule has 3 aromatic rings. The van der Waals surface area contributed by atoms with Gasteiger partial charge in [-0.05, 0) is 30.0 Å². The van der Waals surface area contributed by atoms with Gasteiger partial charge in [0.05, 0.1) is 0 Å². The highest BCUT2D eigenvalue weighted by Gasteiger charge is 2.06. The van der Waals surface area contributed by atoms with Crippen LogP contribution in [0.25, 0.3) is 21.3 Å². The average molecular weight is 213 g/mol. The fraction of sp³-hybridized carbons (Fsp3) is 0.0769. The summed E-state index contributed by atoms with van der Waals surface area (Å²) in [6, 6.07) is 10.7. The molecule has 0 aliphatic rings. The number of hydrogen-bond donors (Lipinski definition) is 1. The lowest BCUT2D eigenvalue weighted by atomic mass is 10.1. The normalized spacial score (nSPS) is 11.0. The Morgan fingerprint density at radius 2 is 2.07 bits per heavy atom. The lowest BCUT2D eigenvalue weighted by molar-refractivity contribution is 1.48. The van der Waals surface area contributed by atoms with E-state index in [0.29, 0.717) is 0 Å². The first-order chi connectivity index (χ1) is 7.34. The molecular formula is C13H11NS. The maximum atomic E-state index is 3.30. The van der Waals surface area contributed by atoms with Crippen LogP contribution in [-0.2, 0) is 0 Å². The van der Waals surface area contributed by atoms with Crippen LogP contribution in [0.4, 0.5) is 0 Å². The minimum atomic E-state index is 1.21. The van der Waals surface area contributed by atoms with E-state index in [1.54, 1.807) is 11.3 Å². The van der Waals surface area contributed by atoms with E-state index in [2.05, 4.69) is 53.8 Å². The summed E-state index contributed by atoms with van der Waals surface area (Å²) in [6.45, 7) is 2.13. The second-order valence-corrected chi connectivity index (χ2v) is 4.65. The molecule has 2 heteroatoms. The first kappa shape index (κ1) is 8.74. The van der Waals surface area contributed by atoms with Crippen molar-refractivity contribution in [2.24, 2.45) is 0 Å². The van der Waals surface area contributed by atoms with Crippen LogP contribution in [0, 0.1) is 6.92 Å². The zero-order chi connectivity index (χ0) is 10.3. The van der Waals surface area contributed by atoms with E-state index in [9.17, 15) is 0 Å². The summed E-state index contributed by atoms with van der Waals surface area (Å²) in [5.41, 5.74) is 3.85. The van der Waals surface area contributed by atoms with E-state index < -0.39 is 0 Å². The van der Waals surface area contributed by atoms with Gasteiger partial charge in [-0.1, -0.05) is 18.2 Å². The van der Waals surface area contributed by atoms with Gasteiger partial charge in [-0.15, -0.1) is 11.3 Å². The standard InChI is InChI=1S/C13H11NS/c1-9-6-13(15-8-9)11-7-14-12-5-3-2-4-10(11)12/h2-8,14H,1H3. The lowest BCUT2D eigenvalue weighted by Gasteiger charge is -1.93. The first-order valence-corrected chi connectivity index (χ1v) is 5.84. The molecular weight excluding hydrogens is 202 g/mol. The summed E-state index contributed by atoms with van der Waals surface area (Å²) in [6.07, 6.45) is 2.09. The van der Waals surface area contributed by atoms with Gasteiger partial charge in [0.25, 0.3) is 0 Å². The van der Waals surface area contributed by atoms with Crippen LogP contribution in [0.2, 0.25) is 0 Å². The molecule has 0 fully saturated rings. The Morgan fingerprint density at radius 1 is 1.20 bits per heavy atom. The summed E-state index contributed by atoms with van der Waals surface area (Å²) in [5, 5.41) is 3.50. The second kappa shape index (κ2) is 3.24. The van der Waals surface area contributed by atoms with Gasteiger partial charge in [0.15, 0.2) is 0 Å². The number of benzene rings is 1. The van der Waals surface area contributed by atoms with E-state index in [4.69, 9.17) is 0 Å². The molecule has 0 saturated carbocycles. The molecule has 0 saturated heterocycles. The number of para-hydroxylation sites is 1. The van der Waals surface area contributed by atoms with Crippen molar-refractivity contribution < 1.29 is 0 Å². The zero-order valence-corrected chi connectivity index (χ0v) is 9.27. The number of aromatic nitrogens is 1. The van der Waals surface area contributed by atoms with Crippen LogP contribution in [-0.4, -0.2) is 4.98 Å². The molecule has 0 radical (unpaired) electrons. The van der Waals surface area contributed by atoms with Crippen LogP contribution in [0.5, 0.6) is 0 Å². The summed E-state index contributed by atoms with van der Waals surface area (Å²) in [5.74, 6) is 0. The van der Waals surface area contributed by atoms with Crippen molar-refractivity contribution in [3.8, 4) is 10.4 Å². The average Bonchev–Trinajstić information content (AvgIpc) is 2.83. The molecule has 2 heterocycles. The summed E-state index contributed by atoms with van der Waals surface area (Å²) < 4.78 is 0. The largest absolute Gasteiger partial charge is 0.361 e. The highest BCUT2D eigenvalue weighted by atomic mass is 32.1. The van der Waals surface area contributed by atoms with E-state index in [1.165, 1.54) is 26.9 Å². The van der Waals surface area contributed by atoms with Gasteiger partial charge in [0.1, 0.15) is 0 Å². The van der Waals surface area contributed by atoms with Gasteiger partial charge in [-0.3, -0.25) is 0 Å². The molecule has 0 amide bonds. The van der Waals surface area contributed by atoms with Gasteiger partial charge >= 0.3 is 0 Å². The Bertz CT molecular complexity index is 604. The van der Waals surface area contributed by atoms with Gasteiger partial charge < -0.3 is 4.98 Å². The Kier molecular flexibility index (Phi) is 1.89.